The van der Waals surface area contributed by atoms with Gasteiger partial charge in [-0.3, -0.25) is 9.59 Å². The molecule has 4 rings (SSSR count). The largest absolute Gasteiger partial charge is 0.354 e. The van der Waals surface area contributed by atoms with Gasteiger partial charge in [0.25, 0.3) is 5.91 Å². The summed E-state index contributed by atoms with van der Waals surface area (Å²) in [5.41, 5.74) is 4.62. The average molecular weight is 415 g/mol. The zero-order chi connectivity index (χ0) is 21.8. The van der Waals surface area contributed by atoms with Crippen molar-refractivity contribution in [2.75, 3.05) is 5.32 Å². The van der Waals surface area contributed by atoms with Crippen molar-refractivity contribution in [2.45, 2.75) is 32.2 Å². The Kier molecular flexibility index (Phi) is 5.89. The van der Waals surface area contributed by atoms with E-state index in [9.17, 15) is 9.59 Å². The van der Waals surface area contributed by atoms with Crippen LogP contribution in [0.2, 0.25) is 0 Å². The number of H-pyrrole nitrogens is 1. The van der Waals surface area contributed by atoms with Gasteiger partial charge >= 0.3 is 0 Å². The van der Waals surface area contributed by atoms with E-state index in [0.717, 1.165) is 41.2 Å². The van der Waals surface area contributed by atoms with Crippen molar-refractivity contribution in [3.05, 3.63) is 106 Å². The van der Waals surface area contributed by atoms with Crippen LogP contribution in [0, 0.1) is 0 Å². The minimum Gasteiger partial charge on any atom is -0.354 e. The van der Waals surface area contributed by atoms with E-state index >= 15 is 0 Å². The second-order valence-electron chi connectivity index (χ2n) is 7.68. The zero-order valence-electron chi connectivity index (χ0n) is 17.5. The fourth-order valence-corrected chi connectivity index (χ4v) is 3.57. The lowest BCUT2D eigenvalue weighted by molar-refractivity contribution is 0.0917. The Morgan fingerprint density at radius 3 is 2.61 bits per heavy atom. The second kappa shape index (κ2) is 8.92. The highest BCUT2D eigenvalue weighted by Crippen LogP contribution is 2.31. The summed E-state index contributed by atoms with van der Waals surface area (Å²) in [6.07, 6.45) is 12.7. The second-order valence-corrected chi connectivity index (χ2v) is 7.68. The summed E-state index contributed by atoms with van der Waals surface area (Å²) < 4.78 is 0. The summed E-state index contributed by atoms with van der Waals surface area (Å²) in [4.78, 5) is 28.6. The molecule has 0 spiro atoms. The molecule has 0 atom stereocenters. The third kappa shape index (κ3) is 4.53. The highest BCUT2D eigenvalue weighted by molar-refractivity contribution is 5.94. The van der Waals surface area contributed by atoms with Crippen molar-refractivity contribution >= 4 is 17.3 Å². The predicted molar refractivity (Wildman–Crippen MR) is 124 cm³/mol. The number of rotatable bonds is 6. The van der Waals surface area contributed by atoms with Gasteiger partial charge in [-0.15, -0.1) is 0 Å². The molecule has 6 heteroatoms. The molecule has 158 valence electrons. The molecule has 0 radical (unpaired) electrons. The molecule has 0 unspecified atom stereocenters. The highest BCUT2D eigenvalue weighted by Gasteiger charge is 2.21. The third-order valence-electron chi connectivity index (χ3n) is 5.50. The van der Waals surface area contributed by atoms with E-state index in [0.29, 0.717) is 11.6 Å². The molecular weight excluding hydrogens is 388 g/mol. The van der Waals surface area contributed by atoms with Gasteiger partial charge in [0.05, 0.1) is 17.1 Å². The van der Waals surface area contributed by atoms with Crippen LogP contribution in [0.1, 0.15) is 42.1 Å². The lowest BCUT2D eigenvalue weighted by atomic mass is 9.93. The van der Waals surface area contributed by atoms with Gasteiger partial charge in [0.15, 0.2) is 0 Å². The van der Waals surface area contributed by atoms with Gasteiger partial charge in [-0.25, -0.2) is 0 Å². The molecule has 1 fully saturated rings. The molecule has 2 aliphatic rings. The van der Waals surface area contributed by atoms with E-state index < -0.39 is 0 Å². The SMILES string of the molecule is C=C1C(Nc2ccc(C(=O)NC3CCC3)cc2)=CC=C(c2cc[nH]c(=O)c2)N1/C=C\C. The van der Waals surface area contributed by atoms with Crippen LogP contribution in [-0.2, 0) is 0 Å². The van der Waals surface area contributed by atoms with Gasteiger partial charge in [0.2, 0.25) is 5.56 Å². The fourth-order valence-electron chi connectivity index (χ4n) is 3.57. The quantitative estimate of drug-likeness (QED) is 0.657. The molecule has 1 aliphatic heterocycles. The molecule has 6 nitrogen and oxygen atoms in total. The maximum Gasteiger partial charge on any atom is 0.251 e. The van der Waals surface area contributed by atoms with Gasteiger partial charge in [-0.1, -0.05) is 12.7 Å². The standard InChI is InChI=1S/C25H26N4O2/c1-3-15-29-17(2)22(11-12-23(29)19-13-14-26-24(30)16-19)27-21-9-7-18(8-10-21)25(31)28-20-5-4-6-20/h3,7-16,20,27H,2,4-6H2,1H3,(H,26,30)(H,28,31)/b15-3-. The molecule has 3 N–H and O–H groups in total. The molecule has 1 aromatic carbocycles. The summed E-state index contributed by atoms with van der Waals surface area (Å²) in [5.74, 6) is -0.0257. The number of amides is 1. The van der Waals surface area contributed by atoms with Crippen molar-refractivity contribution < 1.29 is 4.79 Å². The van der Waals surface area contributed by atoms with Crippen LogP contribution in [0.3, 0.4) is 0 Å². The first-order valence-electron chi connectivity index (χ1n) is 10.5. The number of carbonyl (C=O) groups excluding carboxylic acids is 1. The number of hydrogen-bond donors (Lipinski definition) is 3. The summed E-state index contributed by atoms with van der Waals surface area (Å²) in [5, 5.41) is 6.43. The summed E-state index contributed by atoms with van der Waals surface area (Å²) >= 11 is 0. The lowest BCUT2D eigenvalue weighted by Gasteiger charge is -2.30. The third-order valence-corrected chi connectivity index (χ3v) is 5.50. The van der Waals surface area contributed by atoms with Crippen LogP contribution in [0.4, 0.5) is 5.69 Å². The van der Waals surface area contributed by atoms with E-state index in [1.807, 2.05) is 66.6 Å². The smallest absolute Gasteiger partial charge is 0.251 e. The normalized spacial score (nSPS) is 16.5. The maximum absolute atomic E-state index is 12.3. The number of carbonyl (C=O) groups is 1. The number of allylic oxidation sites excluding steroid dienone is 3. The summed E-state index contributed by atoms with van der Waals surface area (Å²) in [7, 11) is 0. The number of anilines is 1. The Bertz CT molecular complexity index is 1130. The Hall–Kier alpha value is -3.80. The number of benzene rings is 1. The monoisotopic (exact) mass is 414 g/mol. The number of pyridine rings is 1. The lowest BCUT2D eigenvalue weighted by Crippen LogP contribution is -2.39. The molecule has 2 heterocycles. The van der Waals surface area contributed by atoms with Crippen LogP contribution >= 0.6 is 0 Å². The molecule has 0 saturated heterocycles. The average Bonchev–Trinajstić information content (AvgIpc) is 2.74. The Labute approximate surface area is 181 Å². The van der Waals surface area contributed by atoms with E-state index in [-0.39, 0.29) is 11.5 Å². The first-order chi connectivity index (χ1) is 15.0. The Balaban J connectivity index is 1.53. The van der Waals surface area contributed by atoms with Crippen LogP contribution in [0.5, 0.6) is 0 Å². The first kappa shape index (κ1) is 20.5. The molecule has 1 aromatic heterocycles. The van der Waals surface area contributed by atoms with Crippen LogP contribution in [0.25, 0.3) is 5.70 Å². The number of hydrogen-bond acceptors (Lipinski definition) is 4. The summed E-state index contributed by atoms with van der Waals surface area (Å²) in [6.45, 7) is 6.17. The molecule has 31 heavy (non-hydrogen) atoms. The van der Waals surface area contributed by atoms with Crippen molar-refractivity contribution in [1.29, 1.82) is 0 Å². The minimum atomic E-state index is -0.154. The van der Waals surface area contributed by atoms with Crippen LogP contribution in [0.15, 0.2) is 89.8 Å². The molecule has 1 amide bonds. The van der Waals surface area contributed by atoms with E-state index in [1.165, 1.54) is 6.42 Å². The minimum absolute atomic E-state index is 0.0257. The maximum atomic E-state index is 12.3. The Morgan fingerprint density at radius 1 is 1.19 bits per heavy atom. The summed E-state index contributed by atoms with van der Waals surface area (Å²) in [6, 6.07) is 11.2. The number of aromatic amines is 1. The number of aromatic nitrogens is 1. The molecular formula is C25H26N4O2. The Morgan fingerprint density at radius 2 is 1.97 bits per heavy atom. The fraction of sp³-hybridized carbons (Fsp3) is 0.200. The predicted octanol–water partition coefficient (Wildman–Crippen LogP) is 4.36. The van der Waals surface area contributed by atoms with Crippen molar-refractivity contribution in [3.8, 4) is 0 Å². The van der Waals surface area contributed by atoms with E-state index in [2.05, 4.69) is 22.2 Å². The number of nitrogens with zero attached hydrogens (tertiary/aromatic N) is 1. The number of nitrogens with one attached hydrogen (secondary N) is 3. The van der Waals surface area contributed by atoms with Crippen molar-refractivity contribution in [1.82, 2.24) is 15.2 Å². The van der Waals surface area contributed by atoms with Gasteiger partial charge in [0.1, 0.15) is 0 Å². The molecule has 0 bridgehead atoms. The van der Waals surface area contributed by atoms with Crippen molar-refractivity contribution in [2.24, 2.45) is 0 Å². The van der Waals surface area contributed by atoms with Gasteiger partial charge in [-0.2, -0.15) is 0 Å². The topological polar surface area (TPSA) is 77.2 Å². The van der Waals surface area contributed by atoms with E-state index in [4.69, 9.17) is 0 Å². The molecule has 2 aromatic rings. The van der Waals surface area contributed by atoms with Crippen LogP contribution < -0.4 is 16.2 Å². The van der Waals surface area contributed by atoms with Crippen LogP contribution in [-0.4, -0.2) is 21.8 Å². The highest BCUT2D eigenvalue weighted by atomic mass is 16.1. The molecule has 1 aliphatic carbocycles. The molecule has 1 saturated carbocycles. The zero-order valence-corrected chi connectivity index (χ0v) is 17.5. The van der Waals surface area contributed by atoms with Crippen molar-refractivity contribution in [3.63, 3.8) is 0 Å². The van der Waals surface area contributed by atoms with Gasteiger partial charge < -0.3 is 20.5 Å². The first-order valence-corrected chi connectivity index (χ1v) is 10.5. The van der Waals surface area contributed by atoms with E-state index in [1.54, 1.807) is 12.3 Å². The van der Waals surface area contributed by atoms with Gasteiger partial charge in [0, 0.05) is 41.3 Å². The van der Waals surface area contributed by atoms with Gasteiger partial charge in [-0.05, 0) is 68.7 Å².